The van der Waals surface area contributed by atoms with Gasteiger partial charge >= 0.3 is 0 Å². The van der Waals surface area contributed by atoms with E-state index in [9.17, 15) is 5.11 Å². The topological polar surface area (TPSA) is 41.8 Å². The van der Waals surface area contributed by atoms with Crippen molar-refractivity contribution in [2.45, 2.75) is 13.5 Å². The molecule has 2 rings (SSSR count). The molecule has 0 radical (unpaired) electrons. The van der Waals surface area contributed by atoms with Crippen LogP contribution in [0.1, 0.15) is 18.1 Å². The van der Waals surface area contributed by atoms with Crippen molar-refractivity contribution in [3.63, 3.8) is 0 Å². The summed E-state index contributed by atoms with van der Waals surface area (Å²) in [6, 6.07) is 16.8. The van der Waals surface area contributed by atoms with Gasteiger partial charge in [0.05, 0.1) is 5.71 Å². The molecule has 2 aromatic carbocycles. The van der Waals surface area contributed by atoms with E-state index in [1.54, 1.807) is 24.3 Å². The highest BCUT2D eigenvalue weighted by Crippen LogP contribution is 2.11. The maximum atomic E-state index is 9.19. The number of phenols is 1. The van der Waals surface area contributed by atoms with E-state index in [4.69, 9.17) is 4.84 Å². The first-order chi connectivity index (χ1) is 8.75. The number of rotatable bonds is 4. The Morgan fingerprint density at radius 1 is 1.06 bits per heavy atom. The number of aromatic hydroxyl groups is 1. The maximum absolute atomic E-state index is 9.19. The smallest absolute Gasteiger partial charge is 0.142 e. The van der Waals surface area contributed by atoms with Gasteiger partial charge in [-0.05, 0) is 42.3 Å². The van der Waals surface area contributed by atoms with Crippen LogP contribution in [0, 0.1) is 0 Å². The third-order valence-electron chi connectivity index (χ3n) is 2.56. The van der Waals surface area contributed by atoms with E-state index < -0.39 is 0 Å². The van der Waals surface area contributed by atoms with Crippen molar-refractivity contribution in [1.29, 1.82) is 0 Å². The predicted molar refractivity (Wildman–Crippen MR) is 71.5 cm³/mol. The monoisotopic (exact) mass is 241 g/mol. The average molecular weight is 241 g/mol. The third-order valence-corrected chi connectivity index (χ3v) is 2.56. The van der Waals surface area contributed by atoms with Crippen molar-refractivity contribution in [2.24, 2.45) is 5.16 Å². The Labute approximate surface area is 106 Å². The molecule has 0 aromatic heterocycles. The molecule has 0 heterocycles. The summed E-state index contributed by atoms with van der Waals surface area (Å²) in [6.45, 7) is 2.33. The molecule has 0 atom stereocenters. The lowest BCUT2D eigenvalue weighted by molar-refractivity contribution is 0.130. The summed E-state index contributed by atoms with van der Waals surface area (Å²) in [5, 5.41) is 13.2. The number of phenolic OH excluding ortho intramolecular Hbond substituents is 1. The van der Waals surface area contributed by atoms with Gasteiger partial charge in [0.15, 0.2) is 0 Å². The first kappa shape index (κ1) is 12.2. The Morgan fingerprint density at radius 2 is 1.72 bits per heavy atom. The summed E-state index contributed by atoms with van der Waals surface area (Å²) in [6.07, 6.45) is 0. The van der Waals surface area contributed by atoms with Crippen LogP contribution in [-0.2, 0) is 11.4 Å². The molecule has 3 nitrogen and oxygen atoms in total. The van der Waals surface area contributed by atoms with Gasteiger partial charge in [-0.2, -0.15) is 0 Å². The van der Waals surface area contributed by atoms with Crippen LogP contribution in [0.2, 0.25) is 0 Å². The lowest BCUT2D eigenvalue weighted by Crippen LogP contribution is -1.96. The van der Waals surface area contributed by atoms with Crippen LogP contribution >= 0.6 is 0 Å². The average Bonchev–Trinajstić information content (AvgIpc) is 2.40. The largest absolute Gasteiger partial charge is 0.508 e. The second-order valence-corrected chi connectivity index (χ2v) is 3.98. The second kappa shape index (κ2) is 5.87. The molecule has 3 heteroatoms. The normalized spacial score (nSPS) is 11.3. The van der Waals surface area contributed by atoms with Crippen LogP contribution in [0.5, 0.6) is 5.75 Å². The van der Waals surface area contributed by atoms with Crippen molar-refractivity contribution in [3.05, 3.63) is 65.7 Å². The van der Waals surface area contributed by atoms with Gasteiger partial charge in [0.2, 0.25) is 0 Å². The zero-order chi connectivity index (χ0) is 12.8. The Kier molecular flexibility index (Phi) is 3.97. The van der Waals surface area contributed by atoms with Crippen molar-refractivity contribution in [3.8, 4) is 5.75 Å². The fourth-order valence-corrected chi connectivity index (χ4v) is 1.53. The summed E-state index contributed by atoms with van der Waals surface area (Å²) in [7, 11) is 0. The molecule has 0 fully saturated rings. The Bertz CT molecular complexity index is 518. The lowest BCUT2D eigenvalue weighted by Gasteiger charge is -2.03. The van der Waals surface area contributed by atoms with E-state index >= 15 is 0 Å². The minimum Gasteiger partial charge on any atom is -0.508 e. The molecule has 92 valence electrons. The SMILES string of the molecule is C/C(=N\OCc1ccccc1)c1ccc(O)cc1. The van der Waals surface area contributed by atoms with E-state index in [0.717, 1.165) is 16.8 Å². The Morgan fingerprint density at radius 3 is 2.39 bits per heavy atom. The van der Waals surface area contributed by atoms with Crippen LogP contribution in [0.25, 0.3) is 0 Å². The van der Waals surface area contributed by atoms with E-state index in [2.05, 4.69) is 5.16 Å². The van der Waals surface area contributed by atoms with Crippen molar-refractivity contribution in [2.75, 3.05) is 0 Å². The molecule has 0 saturated carbocycles. The molecule has 0 aliphatic heterocycles. The molecule has 0 aliphatic carbocycles. The molecule has 1 N–H and O–H groups in total. The van der Waals surface area contributed by atoms with Gasteiger partial charge in [0.1, 0.15) is 12.4 Å². The number of oxime groups is 1. The summed E-state index contributed by atoms with van der Waals surface area (Å²) < 4.78 is 0. The van der Waals surface area contributed by atoms with Gasteiger partial charge in [-0.3, -0.25) is 0 Å². The quantitative estimate of drug-likeness (QED) is 0.659. The first-order valence-electron chi connectivity index (χ1n) is 5.75. The van der Waals surface area contributed by atoms with Gasteiger partial charge in [-0.1, -0.05) is 35.5 Å². The molecular weight excluding hydrogens is 226 g/mol. The highest BCUT2D eigenvalue weighted by molar-refractivity contribution is 5.98. The predicted octanol–water partition coefficient (Wildman–Crippen LogP) is 3.33. The third kappa shape index (κ3) is 3.35. The molecule has 0 saturated heterocycles. The second-order valence-electron chi connectivity index (χ2n) is 3.98. The van der Waals surface area contributed by atoms with Gasteiger partial charge in [0, 0.05) is 0 Å². The van der Waals surface area contributed by atoms with Crippen molar-refractivity contribution < 1.29 is 9.94 Å². The summed E-state index contributed by atoms with van der Waals surface area (Å²) in [5.74, 6) is 0.247. The fourth-order valence-electron chi connectivity index (χ4n) is 1.53. The Hall–Kier alpha value is -2.29. The van der Waals surface area contributed by atoms with Gasteiger partial charge in [-0.15, -0.1) is 0 Å². The number of hydrogen-bond acceptors (Lipinski definition) is 3. The maximum Gasteiger partial charge on any atom is 0.142 e. The summed E-state index contributed by atoms with van der Waals surface area (Å²) in [4.78, 5) is 5.29. The van der Waals surface area contributed by atoms with E-state index in [-0.39, 0.29) is 5.75 Å². The summed E-state index contributed by atoms with van der Waals surface area (Å²) >= 11 is 0. The van der Waals surface area contributed by atoms with Crippen LogP contribution in [0.15, 0.2) is 59.8 Å². The molecule has 0 amide bonds. The first-order valence-corrected chi connectivity index (χ1v) is 5.75. The zero-order valence-electron chi connectivity index (χ0n) is 10.2. The summed E-state index contributed by atoms with van der Waals surface area (Å²) in [5.41, 5.74) is 2.80. The van der Waals surface area contributed by atoms with E-state index in [0.29, 0.717) is 6.61 Å². The van der Waals surface area contributed by atoms with Crippen LogP contribution in [0.3, 0.4) is 0 Å². The van der Waals surface area contributed by atoms with Crippen LogP contribution < -0.4 is 0 Å². The number of hydrogen-bond donors (Lipinski definition) is 1. The lowest BCUT2D eigenvalue weighted by atomic mass is 10.1. The minimum absolute atomic E-state index is 0.247. The molecule has 0 unspecified atom stereocenters. The number of nitrogens with zero attached hydrogens (tertiary/aromatic N) is 1. The van der Waals surface area contributed by atoms with Crippen LogP contribution in [-0.4, -0.2) is 10.8 Å². The van der Waals surface area contributed by atoms with Gasteiger partial charge < -0.3 is 9.94 Å². The number of benzene rings is 2. The molecular formula is C15H15NO2. The van der Waals surface area contributed by atoms with Crippen LogP contribution in [0.4, 0.5) is 0 Å². The molecule has 0 aliphatic rings. The standard InChI is InChI=1S/C15H15NO2/c1-12(14-7-9-15(17)10-8-14)16-18-11-13-5-3-2-4-6-13/h2-10,17H,11H2,1H3/b16-12+. The van der Waals surface area contributed by atoms with E-state index in [1.165, 1.54) is 0 Å². The van der Waals surface area contributed by atoms with E-state index in [1.807, 2.05) is 37.3 Å². The zero-order valence-corrected chi connectivity index (χ0v) is 10.2. The highest BCUT2D eigenvalue weighted by atomic mass is 16.6. The molecule has 18 heavy (non-hydrogen) atoms. The molecule has 2 aromatic rings. The van der Waals surface area contributed by atoms with Crippen molar-refractivity contribution in [1.82, 2.24) is 0 Å². The highest BCUT2D eigenvalue weighted by Gasteiger charge is 1.98. The molecule has 0 bridgehead atoms. The minimum atomic E-state index is 0.247. The fraction of sp³-hybridized carbons (Fsp3) is 0.133. The van der Waals surface area contributed by atoms with Gasteiger partial charge in [0.25, 0.3) is 0 Å². The van der Waals surface area contributed by atoms with Gasteiger partial charge in [-0.25, -0.2) is 0 Å². The molecule has 0 spiro atoms. The van der Waals surface area contributed by atoms with Crippen molar-refractivity contribution >= 4 is 5.71 Å². The Balaban J connectivity index is 1.95.